The molecule has 1 N–H and O–H groups in total. The van der Waals surface area contributed by atoms with Crippen molar-refractivity contribution in [2.24, 2.45) is 4.99 Å². The molecule has 2 heterocycles. The Labute approximate surface area is 177 Å². The van der Waals surface area contributed by atoms with Crippen LogP contribution in [0.5, 0.6) is 5.75 Å². The van der Waals surface area contributed by atoms with Crippen molar-refractivity contribution in [1.29, 1.82) is 0 Å². The molecular weight excluding hydrogens is 410 g/mol. The highest BCUT2D eigenvalue weighted by Crippen LogP contribution is 2.36. The molecule has 1 aliphatic heterocycles. The third-order valence-electron chi connectivity index (χ3n) is 4.07. The molecule has 1 aliphatic rings. The van der Waals surface area contributed by atoms with E-state index in [0.29, 0.717) is 39.5 Å². The molecule has 0 aliphatic carbocycles. The molecule has 1 fully saturated rings. The Hall–Kier alpha value is -2.65. The van der Waals surface area contributed by atoms with Crippen LogP contribution < -0.4 is 4.74 Å². The fraction of sp³-hybridized carbons (Fsp3) is 0.300. The smallest absolute Gasteiger partial charge is 0.344 e. The van der Waals surface area contributed by atoms with Gasteiger partial charge in [-0.3, -0.25) is 9.69 Å². The van der Waals surface area contributed by atoms with Gasteiger partial charge in [-0.05, 0) is 36.7 Å². The lowest BCUT2D eigenvalue weighted by Gasteiger charge is -2.15. The number of carbonyl (C=O) groups excluding carboxylic acids is 1. The van der Waals surface area contributed by atoms with E-state index in [-0.39, 0.29) is 5.91 Å². The van der Waals surface area contributed by atoms with Crippen molar-refractivity contribution in [3.8, 4) is 5.75 Å². The van der Waals surface area contributed by atoms with Crippen molar-refractivity contribution in [3.05, 3.63) is 46.3 Å². The molecular formula is C20H21N3O4S2. The summed E-state index contributed by atoms with van der Waals surface area (Å²) < 4.78 is 5.67. The number of para-hydroxylation sites is 1. The summed E-state index contributed by atoms with van der Waals surface area (Å²) in [7, 11) is 0. The summed E-state index contributed by atoms with van der Waals surface area (Å²) in [6, 6.07) is 7.09. The minimum Gasteiger partial charge on any atom is -0.479 e. The number of carbonyl (C=O) groups is 2. The fourth-order valence-corrected chi connectivity index (χ4v) is 4.23. The maximum atomic E-state index is 12.9. The Kier molecular flexibility index (Phi) is 7.05. The zero-order valence-electron chi connectivity index (χ0n) is 16.1. The van der Waals surface area contributed by atoms with Crippen LogP contribution >= 0.6 is 23.1 Å². The highest BCUT2D eigenvalue weighted by atomic mass is 32.2. The second-order valence-electron chi connectivity index (χ2n) is 6.17. The number of aliphatic imine (C=N–C) groups is 1. The summed E-state index contributed by atoms with van der Waals surface area (Å²) in [6.45, 7) is 4.31. The summed E-state index contributed by atoms with van der Waals surface area (Å²) in [5.74, 6) is -0.726. The number of aliphatic carboxylic acids is 1. The van der Waals surface area contributed by atoms with E-state index in [1.54, 1.807) is 42.3 Å². The van der Waals surface area contributed by atoms with Gasteiger partial charge in [0.25, 0.3) is 5.91 Å². The molecule has 1 amide bonds. The van der Waals surface area contributed by atoms with E-state index in [0.717, 1.165) is 6.42 Å². The van der Waals surface area contributed by atoms with Crippen molar-refractivity contribution in [2.45, 2.75) is 32.8 Å². The first-order chi connectivity index (χ1) is 14.0. The van der Waals surface area contributed by atoms with E-state index in [2.05, 4.69) is 9.98 Å². The molecule has 7 nitrogen and oxygen atoms in total. The van der Waals surface area contributed by atoms with Gasteiger partial charge in [-0.1, -0.05) is 32.0 Å². The molecule has 1 saturated heterocycles. The number of thiazole rings is 1. The van der Waals surface area contributed by atoms with Gasteiger partial charge in [0.2, 0.25) is 5.13 Å². The third-order valence-corrected chi connectivity index (χ3v) is 5.74. The maximum absolute atomic E-state index is 12.9. The number of carboxylic acid groups (broad SMARTS) is 1. The van der Waals surface area contributed by atoms with E-state index >= 15 is 0 Å². The second-order valence-corrected chi connectivity index (χ2v) is 8.05. The van der Waals surface area contributed by atoms with Crippen LogP contribution in [0.4, 0.5) is 5.13 Å². The molecule has 0 radical (unpaired) electrons. The molecule has 1 aromatic carbocycles. The Morgan fingerprint density at radius 1 is 1.38 bits per heavy atom. The van der Waals surface area contributed by atoms with Crippen LogP contribution in [-0.4, -0.2) is 44.7 Å². The van der Waals surface area contributed by atoms with E-state index < -0.39 is 12.1 Å². The van der Waals surface area contributed by atoms with E-state index in [1.165, 1.54) is 23.1 Å². The van der Waals surface area contributed by atoms with Gasteiger partial charge in [0.15, 0.2) is 11.3 Å². The lowest BCUT2D eigenvalue weighted by molar-refractivity contribution is -0.145. The first-order valence-corrected chi connectivity index (χ1v) is 10.9. The number of hydrogen-bond acceptors (Lipinski definition) is 7. The number of amidine groups is 1. The Morgan fingerprint density at radius 2 is 2.17 bits per heavy atom. The number of aromatic nitrogens is 1. The molecule has 0 spiro atoms. The molecule has 2 aromatic rings. The minimum absolute atomic E-state index is 0.132. The molecule has 1 aromatic heterocycles. The highest BCUT2D eigenvalue weighted by molar-refractivity contribution is 8.18. The van der Waals surface area contributed by atoms with Crippen molar-refractivity contribution >= 4 is 51.4 Å². The van der Waals surface area contributed by atoms with Crippen LogP contribution in [0.1, 0.15) is 32.3 Å². The molecule has 0 saturated carbocycles. The summed E-state index contributed by atoms with van der Waals surface area (Å²) in [5, 5.41) is 12.3. The lowest BCUT2D eigenvalue weighted by Crippen LogP contribution is -2.29. The van der Waals surface area contributed by atoms with Crippen molar-refractivity contribution in [3.63, 3.8) is 0 Å². The van der Waals surface area contributed by atoms with Crippen LogP contribution in [0.25, 0.3) is 6.08 Å². The number of thioether (sulfide) groups is 1. The van der Waals surface area contributed by atoms with Crippen LogP contribution in [-0.2, 0) is 9.59 Å². The number of carboxylic acids is 1. The molecule has 1 atom stereocenters. The molecule has 152 valence electrons. The Balaban J connectivity index is 1.92. The average molecular weight is 432 g/mol. The lowest BCUT2D eigenvalue weighted by atomic mass is 10.1. The van der Waals surface area contributed by atoms with Gasteiger partial charge in [-0.25, -0.2) is 9.78 Å². The SMILES string of the molecule is CCCN1C(=O)/C(=C\c2ccccc2OC(CC)C(=O)O)S/C1=N/c1nccs1. The number of ether oxygens (including phenoxy) is 1. The summed E-state index contributed by atoms with van der Waals surface area (Å²) in [5.41, 5.74) is 0.648. The fourth-order valence-electron chi connectivity index (χ4n) is 2.68. The van der Waals surface area contributed by atoms with Gasteiger partial charge in [-0.2, -0.15) is 4.99 Å². The molecule has 29 heavy (non-hydrogen) atoms. The molecule has 1 unspecified atom stereocenters. The number of amides is 1. The summed E-state index contributed by atoms with van der Waals surface area (Å²) in [4.78, 5) is 35.1. The first-order valence-electron chi connectivity index (χ1n) is 9.21. The van der Waals surface area contributed by atoms with Gasteiger partial charge in [0.1, 0.15) is 5.75 Å². The normalized spacial score (nSPS) is 17.9. The number of benzene rings is 1. The van der Waals surface area contributed by atoms with E-state index in [9.17, 15) is 14.7 Å². The van der Waals surface area contributed by atoms with Crippen molar-refractivity contribution in [2.75, 3.05) is 6.54 Å². The zero-order valence-corrected chi connectivity index (χ0v) is 17.7. The monoisotopic (exact) mass is 431 g/mol. The van der Waals surface area contributed by atoms with E-state index in [1.807, 2.05) is 18.4 Å². The number of rotatable bonds is 8. The van der Waals surface area contributed by atoms with Crippen molar-refractivity contribution < 1.29 is 19.4 Å². The molecule has 9 heteroatoms. The quantitative estimate of drug-likeness (QED) is 0.623. The van der Waals surface area contributed by atoms with Gasteiger partial charge in [0.05, 0.1) is 4.91 Å². The Bertz CT molecular complexity index is 941. The van der Waals surface area contributed by atoms with E-state index in [4.69, 9.17) is 4.74 Å². The molecule has 3 rings (SSSR count). The Morgan fingerprint density at radius 3 is 2.83 bits per heavy atom. The van der Waals surface area contributed by atoms with Gasteiger partial charge in [0, 0.05) is 23.7 Å². The number of hydrogen-bond donors (Lipinski definition) is 1. The maximum Gasteiger partial charge on any atom is 0.344 e. The summed E-state index contributed by atoms with van der Waals surface area (Å²) in [6.07, 6.45) is 3.59. The second kappa shape index (κ2) is 9.71. The topological polar surface area (TPSA) is 92.1 Å². The third kappa shape index (κ3) is 5.04. The van der Waals surface area contributed by atoms with Gasteiger partial charge < -0.3 is 9.84 Å². The predicted octanol–water partition coefficient (Wildman–Crippen LogP) is 4.40. The van der Waals surface area contributed by atoms with Crippen LogP contribution in [0.3, 0.4) is 0 Å². The first kappa shape index (κ1) is 21.1. The van der Waals surface area contributed by atoms with Gasteiger partial charge >= 0.3 is 5.97 Å². The largest absolute Gasteiger partial charge is 0.479 e. The highest BCUT2D eigenvalue weighted by Gasteiger charge is 2.33. The van der Waals surface area contributed by atoms with Crippen LogP contribution in [0.15, 0.2) is 45.7 Å². The average Bonchev–Trinajstić information content (AvgIpc) is 3.31. The van der Waals surface area contributed by atoms with Crippen LogP contribution in [0.2, 0.25) is 0 Å². The number of nitrogens with zero attached hydrogens (tertiary/aromatic N) is 3. The van der Waals surface area contributed by atoms with Crippen LogP contribution in [0, 0.1) is 0 Å². The predicted molar refractivity (Wildman–Crippen MR) is 116 cm³/mol. The standard InChI is InChI=1S/C20H21N3O4S2/c1-3-10-23-17(24)16(29-20(23)22-19-21-9-11-28-19)12-13-7-5-6-8-15(13)27-14(4-2)18(25)26/h5-9,11-12,14H,3-4,10H2,1-2H3,(H,25,26)/b16-12+,22-20+. The minimum atomic E-state index is -1.02. The van der Waals surface area contributed by atoms with Crippen molar-refractivity contribution in [1.82, 2.24) is 9.88 Å². The zero-order chi connectivity index (χ0) is 20.8. The summed E-state index contributed by atoms with van der Waals surface area (Å²) >= 11 is 2.69. The molecule has 0 bridgehead atoms. The van der Waals surface area contributed by atoms with Gasteiger partial charge in [-0.15, -0.1) is 11.3 Å².